The average Bonchev–Trinajstić information content (AvgIpc) is 2.64. The summed E-state index contributed by atoms with van der Waals surface area (Å²) in [5, 5.41) is 0.848. The number of aromatic nitrogens is 2. The summed E-state index contributed by atoms with van der Waals surface area (Å²) in [5.74, 6) is 0.458. The Balaban J connectivity index is 2.25. The highest BCUT2D eigenvalue weighted by molar-refractivity contribution is 7.99. The fourth-order valence-corrected chi connectivity index (χ4v) is 2.38. The third-order valence-electron chi connectivity index (χ3n) is 2.16. The quantitative estimate of drug-likeness (QED) is 0.731. The molecule has 0 unspecified atom stereocenters. The Morgan fingerprint density at radius 1 is 1.27 bits per heavy atom. The maximum Gasteiger partial charge on any atom is 0.207 e. The summed E-state index contributed by atoms with van der Waals surface area (Å²) in [6.07, 6.45) is 3.53. The Morgan fingerprint density at radius 3 is 3.07 bits per heavy atom. The van der Waals surface area contributed by atoms with Gasteiger partial charge < -0.3 is 5.73 Å². The SMILES string of the molecule is NC1=Nc2ccccc2Sc2nccn21. The van der Waals surface area contributed by atoms with E-state index in [1.165, 1.54) is 0 Å². The molecule has 2 N–H and O–H groups in total. The third-order valence-corrected chi connectivity index (χ3v) is 3.20. The molecule has 2 aromatic rings. The highest BCUT2D eigenvalue weighted by atomic mass is 32.2. The van der Waals surface area contributed by atoms with E-state index in [1.54, 1.807) is 22.5 Å². The van der Waals surface area contributed by atoms with Crippen LogP contribution in [0.5, 0.6) is 0 Å². The number of aliphatic imine (C=N–C) groups is 1. The lowest BCUT2D eigenvalue weighted by Gasteiger charge is -2.00. The molecule has 1 aliphatic rings. The fourth-order valence-electron chi connectivity index (χ4n) is 1.45. The lowest BCUT2D eigenvalue weighted by molar-refractivity contribution is 0.936. The van der Waals surface area contributed by atoms with Gasteiger partial charge in [0.25, 0.3) is 0 Å². The van der Waals surface area contributed by atoms with Crippen molar-refractivity contribution in [3.63, 3.8) is 0 Å². The first-order valence-electron chi connectivity index (χ1n) is 4.49. The van der Waals surface area contributed by atoms with Gasteiger partial charge in [0.05, 0.1) is 5.69 Å². The number of nitrogens with zero attached hydrogens (tertiary/aromatic N) is 3. The van der Waals surface area contributed by atoms with Crippen molar-refractivity contribution in [3.8, 4) is 0 Å². The van der Waals surface area contributed by atoms with Gasteiger partial charge in [0, 0.05) is 17.3 Å². The second kappa shape index (κ2) is 3.13. The number of nitrogens with two attached hydrogens (primary N) is 1. The second-order valence-electron chi connectivity index (χ2n) is 3.12. The highest BCUT2D eigenvalue weighted by Gasteiger charge is 2.14. The second-order valence-corrected chi connectivity index (χ2v) is 4.13. The summed E-state index contributed by atoms with van der Waals surface area (Å²) in [5.41, 5.74) is 6.76. The van der Waals surface area contributed by atoms with E-state index in [2.05, 4.69) is 9.98 Å². The minimum Gasteiger partial charge on any atom is -0.369 e. The molecule has 15 heavy (non-hydrogen) atoms. The zero-order valence-corrected chi connectivity index (χ0v) is 8.61. The van der Waals surface area contributed by atoms with E-state index in [4.69, 9.17) is 5.73 Å². The Labute approximate surface area is 90.8 Å². The van der Waals surface area contributed by atoms with E-state index >= 15 is 0 Å². The maximum atomic E-state index is 5.87. The first-order valence-corrected chi connectivity index (χ1v) is 5.31. The van der Waals surface area contributed by atoms with Gasteiger partial charge in [-0.05, 0) is 23.9 Å². The minimum absolute atomic E-state index is 0.458. The summed E-state index contributed by atoms with van der Waals surface area (Å²) < 4.78 is 1.78. The van der Waals surface area contributed by atoms with Crippen LogP contribution in [-0.4, -0.2) is 15.5 Å². The zero-order valence-electron chi connectivity index (χ0n) is 7.79. The molecule has 1 aliphatic heterocycles. The smallest absolute Gasteiger partial charge is 0.207 e. The molecule has 2 heterocycles. The van der Waals surface area contributed by atoms with E-state index in [0.717, 1.165) is 15.7 Å². The van der Waals surface area contributed by atoms with E-state index in [1.807, 2.05) is 30.5 Å². The van der Waals surface area contributed by atoms with Crippen LogP contribution in [-0.2, 0) is 0 Å². The topological polar surface area (TPSA) is 56.2 Å². The van der Waals surface area contributed by atoms with Gasteiger partial charge >= 0.3 is 0 Å². The largest absolute Gasteiger partial charge is 0.369 e. The lowest BCUT2D eigenvalue weighted by Crippen LogP contribution is -2.21. The van der Waals surface area contributed by atoms with Gasteiger partial charge in [0.15, 0.2) is 5.16 Å². The van der Waals surface area contributed by atoms with Gasteiger partial charge in [-0.1, -0.05) is 12.1 Å². The molecule has 0 amide bonds. The number of para-hydroxylation sites is 1. The molecule has 5 heteroatoms. The van der Waals surface area contributed by atoms with Gasteiger partial charge in [-0.2, -0.15) is 0 Å². The molecular formula is C10H8N4S. The summed E-state index contributed by atoms with van der Waals surface area (Å²) in [6.45, 7) is 0. The number of hydrogen-bond acceptors (Lipinski definition) is 4. The van der Waals surface area contributed by atoms with Crippen LogP contribution >= 0.6 is 11.8 Å². The van der Waals surface area contributed by atoms with Crippen molar-refractivity contribution in [1.82, 2.24) is 9.55 Å². The van der Waals surface area contributed by atoms with Gasteiger partial charge in [-0.3, -0.25) is 4.57 Å². The monoisotopic (exact) mass is 216 g/mol. The van der Waals surface area contributed by atoms with Crippen LogP contribution in [0.2, 0.25) is 0 Å². The molecule has 3 rings (SSSR count). The van der Waals surface area contributed by atoms with Crippen molar-refractivity contribution in [1.29, 1.82) is 0 Å². The molecule has 4 nitrogen and oxygen atoms in total. The summed E-state index contributed by atoms with van der Waals surface area (Å²) in [6, 6.07) is 7.89. The van der Waals surface area contributed by atoms with Crippen LogP contribution in [0.25, 0.3) is 0 Å². The molecule has 0 fully saturated rings. The van der Waals surface area contributed by atoms with Crippen LogP contribution < -0.4 is 5.73 Å². The first-order chi connectivity index (χ1) is 7.34. The molecule has 0 bridgehead atoms. The molecule has 0 spiro atoms. The Bertz CT molecular complexity index is 544. The molecule has 0 saturated heterocycles. The predicted molar refractivity (Wildman–Crippen MR) is 59.5 cm³/mol. The Kier molecular flexibility index (Phi) is 1.78. The van der Waals surface area contributed by atoms with E-state index < -0.39 is 0 Å². The van der Waals surface area contributed by atoms with Gasteiger partial charge in [0.2, 0.25) is 5.96 Å². The molecule has 1 aromatic carbocycles. The van der Waals surface area contributed by atoms with Gasteiger partial charge in [-0.25, -0.2) is 9.98 Å². The Morgan fingerprint density at radius 2 is 2.13 bits per heavy atom. The van der Waals surface area contributed by atoms with E-state index in [9.17, 15) is 0 Å². The minimum atomic E-state index is 0.458. The van der Waals surface area contributed by atoms with Gasteiger partial charge in [0.1, 0.15) is 0 Å². The number of hydrogen-bond donors (Lipinski definition) is 1. The summed E-state index contributed by atoms with van der Waals surface area (Å²) >= 11 is 1.57. The maximum absolute atomic E-state index is 5.87. The van der Waals surface area contributed by atoms with Crippen LogP contribution in [0.1, 0.15) is 0 Å². The molecule has 0 radical (unpaired) electrons. The van der Waals surface area contributed by atoms with Crippen molar-refractivity contribution in [2.45, 2.75) is 10.1 Å². The number of imidazole rings is 1. The average molecular weight is 216 g/mol. The van der Waals surface area contributed by atoms with Crippen LogP contribution in [0.15, 0.2) is 51.7 Å². The Hall–Kier alpha value is -1.75. The van der Waals surface area contributed by atoms with Crippen molar-refractivity contribution in [2.75, 3.05) is 0 Å². The molecule has 0 atom stereocenters. The van der Waals surface area contributed by atoms with E-state index in [-0.39, 0.29) is 0 Å². The highest BCUT2D eigenvalue weighted by Crippen LogP contribution is 2.35. The van der Waals surface area contributed by atoms with Crippen LogP contribution in [0, 0.1) is 0 Å². The summed E-state index contributed by atoms with van der Waals surface area (Å²) in [4.78, 5) is 9.66. The van der Waals surface area contributed by atoms with E-state index in [0.29, 0.717) is 5.96 Å². The van der Waals surface area contributed by atoms with Crippen molar-refractivity contribution in [2.24, 2.45) is 10.7 Å². The molecule has 74 valence electrons. The summed E-state index contributed by atoms with van der Waals surface area (Å²) in [7, 11) is 0. The lowest BCUT2D eigenvalue weighted by atomic mass is 10.3. The zero-order chi connectivity index (χ0) is 10.3. The molecule has 0 saturated carbocycles. The molecular weight excluding hydrogens is 208 g/mol. The third kappa shape index (κ3) is 1.32. The standard InChI is InChI=1S/C10H8N4S/c11-9-13-7-3-1-2-4-8(7)15-10-12-5-6-14(9)10/h1-6H,(H2,11,13). The van der Waals surface area contributed by atoms with Crippen LogP contribution in [0.4, 0.5) is 5.69 Å². The first kappa shape index (κ1) is 8.55. The van der Waals surface area contributed by atoms with Gasteiger partial charge in [-0.15, -0.1) is 0 Å². The predicted octanol–water partition coefficient (Wildman–Crippen LogP) is 1.84. The normalized spacial score (nSPS) is 13.7. The fraction of sp³-hybridized carbons (Fsp3) is 0. The number of rotatable bonds is 0. The number of benzene rings is 1. The van der Waals surface area contributed by atoms with Crippen LogP contribution in [0.3, 0.4) is 0 Å². The van der Waals surface area contributed by atoms with Crippen molar-refractivity contribution in [3.05, 3.63) is 36.7 Å². The van der Waals surface area contributed by atoms with Crippen molar-refractivity contribution < 1.29 is 0 Å². The number of fused-ring (bicyclic) bond motifs is 2. The molecule has 0 aliphatic carbocycles. The molecule has 1 aromatic heterocycles. The van der Waals surface area contributed by atoms with Crippen molar-refractivity contribution >= 4 is 23.4 Å².